The Morgan fingerprint density at radius 3 is 2.47 bits per heavy atom. The first kappa shape index (κ1) is 18.0. The lowest BCUT2D eigenvalue weighted by molar-refractivity contribution is -0.115. The van der Waals surface area contributed by atoms with Gasteiger partial charge in [-0.1, -0.05) is 54.6 Å². The molecule has 0 fully saturated rings. The molecule has 5 rings (SSSR count). The highest BCUT2D eigenvalue weighted by atomic mass is 16.5. The van der Waals surface area contributed by atoms with Gasteiger partial charge in [0.25, 0.3) is 0 Å². The smallest absolute Gasteiger partial charge is 0.228 e. The van der Waals surface area contributed by atoms with E-state index in [1.165, 1.54) is 0 Å². The molecule has 4 aromatic rings. The quantitative estimate of drug-likeness (QED) is 0.412. The summed E-state index contributed by atoms with van der Waals surface area (Å²) < 4.78 is 5.86. The van der Waals surface area contributed by atoms with Crippen molar-refractivity contribution in [1.29, 1.82) is 0 Å². The highest BCUT2D eigenvalue weighted by molar-refractivity contribution is 6.08. The van der Waals surface area contributed by atoms with E-state index in [9.17, 15) is 4.79 Å². The lowest BCUT2D eigenvalue weighted by Crippen LogP contribution is -2.13. The normalized spacial score (nSPS) is 12.1. The van der Waals surface area contributed by atoms with Crippen molar-refractivity contribution in [2.24, 2.45) is 0 Å². The maximum atomic E-state index is 12.8. The van der Waals surface area contributed by atoms with Gasteiger partial charge in [-0.05, 0) is 46.9 Å². The summed E-state index contributed by atoms with van der Waals surface area (Å²) in [4.78, 5) is 12.8. The average Bonchev–Trinajstić information content (AvgIpc) is 2.77. The lowest BCUT2D eigenvalue weighted by atomic mass is 9.93. The molecular weight excluding hydrogens is 372 g/mol. The van der Waals surface area contributed by atoms with Crippen molar-refractivity contribution in [1.82, 2.24) is 0 Å². The van der Waals surface area contributed by atoms with Crippen LogP contribution in [0, 0.1) is 0 Å². The van der Waals surface area contributed by atoms with Gasteiger partial charge < -0.3 is 15.4 Å². The van der Waals surface area contributed by atoms with Gasteiger partial charge in [-0.15, -0.1) is 0 Å². The molecule has 0 saturated carbocycles. The standard InChI is InChI=1S/C26H20N2O2/c29-25(28-20-9-6-12-22(16-20)30-21-10-2-1-3-11-21)15-19-17-27-24-14-5-8-18-7-4-13-23(19)26(18)24/h1-14,16-17,27H,15H2,(H,28,29). The molecule has 146 valence electrons. The summed E-state index contributed by atoms with van der Waals surface area (Å²) in [5.74, 6) is 1.36. The van der Waals surface area contributed by atoms with Crippen molar-refractivity contribution in [3.05, 3.63) is 103 Å². The second kappa shape index (κ2) is 7.76. The monoisotopic (exact) mass is 392 g/mol. The summed E-state index contributed by atoms with van der Waals surface area (Å²) in [6.07, 6.45) is 2.20. The Balaban J connectivity index is 1.32. The Kier molecular flexibility index (Phi) is 4.66. The fourth-order valence-electron chi connectivity index (χ4n) is 3.76. The van der Waals surface area contributed by atoms with Crippen LogP contribution in [0.25, 0.3) is 16.3 Å². The van der Waals surface area contributed by atoms with E-state index in [4.69, 9.17) is 4.74 Å². The molecule has 0 atom stereocenters. The number of hydrogen-bond acceptors (Lipinski definition) is 3. The first-order chi connectivity index (χ1) is 14.8. The average molecular weight is 392 g/mol. The molecule has 1 heterocycles. The van der Waals surface area contributed by atoms with Crippen molar-refractivity contribution in [2.75, 3.05) is 10.6 Å². The van der Waals surface area contributed by atoms with Crippen LogP contribution in [-0.4, -0.2) is 5.91 Å². The fourth-order valence-corrected chi connectivity index (χ4v) is 3.76. The van der Waals surface area contributed by atoms with Gasteiger partial charge in [0.05, 0.1) is 6.42 Å². The number of hydrogen-bond donors (Lipinski definition) is 2. The third-order valence-corrected chi connectivity index (χ3v) is 5.10. The van der Waals surface area contributed by atoms with Crippen LogP contribution in [0.4, 0.5) is 11.4 Å². The molecule has 0 bridgehead atoms. The van der Waals surface area contributed by atoms with E-state index in [0.29, 0.717) is 11.4 Å². The summed E-state index contributed by atoms with van der Waals surface area (Å²) in [5.41, 5.74) is 3.83. The van der Waals surface area contributed by atoms with E-state index < -0.39 is 0 Å². The van der Waals surface area contributed by atoms with E-state index in [0.717, 1.165) is 33.3 Å². The summed E-state index contributed by atoms with van der Waals surface area (Å²) >= 11 is 0. The van der Waals surface area contributed by atoms with Crippen LogP contribution in [0.1, 0.15) is 12.0 Å². The van der Waals surface area contributed by atoms with E-state index in [2.05, 4.69) is 34.9 Å². The zero-order valence-corrected chi connectivity index (χ0v) is 16.3. The molecule has 1 aliphatic heterocycles. The predicted molar refractivity (Wildman–Crippen MR) is 122 cm³/mol. The fraction of sp³-hybridized carbons (Fsp3) is 0.0385. The predicted octanol–water partition coefficient (Wildman–Crippen LogP) is 6.43. The number of ether oxygens (including phenoxy) is 1. The Bertz CT molecular complexity index is 1260. The van der Waals surface area contributed by atoms with Gasteiger partial charge in [0.2, 0.25) is 5.91 Å². The van der Waals surface area contributed by atoms with E-state index >= 15 is 0 Å². The van der Waals surface area contributed by atoms with Gasteiger partial charge in [-0.3, -0.25) is 4.79 Å². The molecule has 0 unspecified atom stereocenters. The van der Waals surface area contributed by atoms with Crippen LogP contribution in [0.3, 0.4) is 0 Å². The second-order valence-corrected chi connectivity index (χ2v) is 7.19. The molecular formula is C26H20N2O2. The molecule has 2 N–H and O–H groups in total. The van der Waals surface area contributed by atoms with Crippen molar-refractivity contribution < 1.29 is 9.53 Å². The number of amides is 1. The molecule has 1 aliphatic rings. The Labute approximate surface area is 174 Å². The maximum Gasteiger partial charge on any atom is 0.228 e. The number of carbonyl (C=O) groups is 1. The minimum Gasteiger partial charge on any atom is -0.457 e. The number of anilines is 2. The van der Waals surface area contributed by atoms with E-state index in [-0.39, 0.29) is 12.3 Å². The van der Waals surface area contributed by atoms with Gasteiger partial charge in [0, 0.05) is 29.0 Å². The first-order valence-corrected chi connectivity index (χ1v) is 9.87. The zero-order valence-electron chi connectivity index (χ0n) is 16.3. The minimum atomic E-state index is -0.0729. The van der Waals surface area contributed by atoms with Gasteiger partial charge in [-0.25, -0.2) is 0 Å². The number of para-hydroxylation sites is 1. The SMILES string of the molecule is O=C(CC1=CNc2cccc3cccc1c23)Nc1cccc(Oc2ccccc2)c1. The lowest BCUT2D eigenvalue weighted by Gasteiger charge is -2.19. The number of rotatable bonds is 5. The van der Waals surface area contributed by atoms with Crippen LogP contribution < -0.4 is 15.4 Å². The highest BCUT2D eigenvalue weighted by Crippen LogP contribution is 2.36. The van der Waals surface area contributed by atoms with Crippen molar-refractivity contribution in [2.45, 2.75) is 6.42 Å². The Hall–Kier alpha value is -4.05. The Morgan fingerprint density at radius 2 is 1.60 bits per heavy atom. The molecule has 0 spiro atoms. The van der Waals surface area contributed by atoms with Crippen LogP contribution >= 0.6 is 0 Å². The van der Waals surface area contributed by atoms with Crippen LogP contribution in [-0.2, 0) is 4.79 Å². The van der Waals surface area contributed by atoms with Gasteiger partial charge in [0.15, 0.2) is 0 Å². The largest absolute Gasteiger partial charge is 0.457 e. The molecule has 4 heteroatoms. The van der Waals surface area contributed by atoms with Crippen LogP contribution in [0.15, 0.2) is 97.2 Å². The molecule has 0 aromatic heterocycles. The Morgan fingerprint density at radius 1 is 0.833 bits per heavy atom. The topological polar surface area (TPSA) is 50.4 Å². The summed E-state index contributed by atoms with van der Waals surface area (Å²) in [5, 5.41) is 8.62. The molecule has 30 heavy (non-hydrogen) atoms. The first-order valence-electron chi connectivity index (χ1n) is 9.87. The number of benzene rings is 4. The van der Waals surface area contributed by atoms with Gasteiger partial charge >= 0.3 is 0 Å². The van der Waals surface area contributed by atoms with E-state index in [1.54, 1.807) is 0 Å². The summed E-state index contributed by atoms with van der Waals surface area (Å²) in [7, 11) is 0. The number of nitrogens with one attached hydrogen (secondary N) is 2. The van der Waals surface area contributed by atoms with Crippen molar-refractivity contribution in [3.63, 3.8) is 0 Å². The second-order valence-electron chi connectivity index (χ2n) is 7.19. The molecule has 4 nitrogen and oxygen atoms in total. The van der Waals surface area contributed by atoms with Crippen LogP contribution in [0.2, 0.25) is 0 Å². The molecule has 0 saturated heterocycles. The minimum absolute atomic E-state index is 0.0729. The third kappa shape index (κ3) is 3.63. The van der Waals surface area contributed by atoms with Crippen molar-refractivity contribution >= 4 is 33.6 Å². The highest BCUT2D eigenvalue weighted by Gasteiger charge is 2.17. The summed E-state index contributed by atoms with van der Waals surface area (Å²) in [6.45, 7) is 0. The maximum absolute atomic E-state index is 12.8. The molecule has 4 aromatic carbocycles. The van der Waals surface area contributed by atoms with Crippen LogP contribution in [0.5, 0.6) is 11.5 Å². The van der Waals surface area contributed by atoms with Gasteiger partial charge in [0.1, 0.15) is 11.5 Å². The molecule has 1 amide bonds. The number of carbonyl (C=O) groups excluding carboxylic acids is 1. The molecule has 0 aliphatic carbocycles. The summed E-state index contributed by atoms with van der Waals surface area (Å²) in [6, 6.07) is 29.4. The van der Waals surface area contributed by atoms with E-state index in [1.807, 2.05) is 72.9 Å². The zero-order chi connectivity index (χ0) is 20.3. The third-order valence-electron chi connectivity index (χ3n) is 5.10. The molecule has 0 radical (unpaired) electrons. The van der Waals surface area contributed by atoms with Crippen molar-refractivity contribution in [3.8, 4) is 11.5 Å². The van der Waals surface area contributed by atoms with Gasteiger partial charge in [-0.2, -0.15) is 0 Å².